The second kappa shape index (κ2) is 8.79. The van der Waals surface area contributed by atoms with E-state index in [0.717, 1.165) is 0 Å². The first-order chi connectivity index (χ1) is 12.1. The summed E-state index contributed by atoms with van der Waals surface area (Å²) in [4.78, 5) is 25.8. The number of hydrogen-bond acceptors (Lipinski definition) is 7. The number of benzene rings is 1. The lowest BCUT2D eigenvalue weighted by Crippen LogP contribution is -2.13. The number of nitrogens with zero attached hydrogens (tertiary/aromatic N) is 3. The Morgan fingerprint density at radius 1 is 1.40 bits per heavy atom. The van der Waals surface area contributed by atoms with E-state index >= 15 is 0 Å². The van der Waals surface area contributed by atoms with Gasteiger partial charge in [-0.3, -0.25) is 10.1 Å². The highest BCUT2D eigenvalue weighted by atomic mass is 16.6. The first-order valence-corrected chi connectivity index (χ1v) is 7.28. The lowest BCUT2D eigenvalue weighted by atomic mass is 10.2. The molecule has 1 aromatic carbocycles. The van der Waals surface area contributed by atoms with Crippen LogP contribution in [0.25, 0.3) is 6.08 Å². The number of carbonyl (C=O) groups excluding carboxylic acids is 1. The molecule has 0 amide bonds. The number of anilines is 1. The monoisotopic (exact) mass is 338 g/mol. The summed E-state index contributed by atoms with van der Waals surface area (Å²) in [6, 6.07) is 11.2. The number of aromatic nitrogens is 1. The summed E-state index contributed by atoms with van der Waals surface area (Å²) in [6.45, 7) is 0.377. The minimum Gasteiger partial charge on any atom is -0.461 e. The fraction of sp³-hybridized carbons (Fsp3) is 0.118. The van der Waals surface area contributed by atoms with Gasteiger partial charge in [0.05, 0.1) is 17.0 Å². The smallest absolute Gasteiger partial charge is 0.330 e. The number of esters is 1. The molecule has 0 saturated heterocycles. The Kier molecular flexibility index (Phi) is 6.19. The fourth-order valence-corrected chi connectivity index (χ4v) is 1.91. The minimum absolute atomic E-state index is 0.0524. The second-order valence-corrected chi connectivity index (χ2v) is 4.79. The van der Waals surface area contributed by atoms with Crippen LogP contribution in [0.4, 0.5) is 11.5 Å². The number of ether oxygens (including phenoxy) is 1. The van der Waals surface area contributed by atoms with Crippen LogP contribution in [0.15, 0.2) is 48.7 Å². The molecule has 1 heterocycles. The van der Waals surface area contributed by atoms with Gasteiger partial charge >= 0.3 is 5.97 Å². The molecule has 1 aromatic heterocycles. The van der Waals surface area contributed by atoms with Crippen molar-refractivity contribution in [2.75, 3.05) is 18.5 Å². The van der Waals surface area contributed by atoms with E-state index in [1.807, 2.05) is 6.07 Å². The van der Waals surface area contributed by atoms with E-state index in [1.165, 1.54) is 30.4 Å². The highest BCUT2D eigenvalue weighted by molar-refractivity contribution is 5.87. The third-order valence-electron chi connectivity index (χ3n) is 3.06. The number of nitro groups is 1. The van der Waals surface area contributed by atoms with E-state index in [9.17, 15) is 14.9 Å². The van der Waals surface area contributed by atoms with Gasteiger partial charge in [0, 0.05) is 24.4 Å². The van der Waals surface area contributed by atoms with Gasteiger partial charge in [-0.05, 0) is 23.8 Å². The van der Waals surface area contributed by atoms with Crippen molar-refractivity contribution in [3.8, 4) is 6.07 Å². The van der Waals surface area contributed by atoms with Crippen LogP contribution in [0.1, 0.15) is 11.1 Å². The zero-order valence-corrected chi connectivity index (χ0v) is 13.1. The second-order valence-electron chi connectivity index (χ2n) is 4.79. The molecule has 2 aromatic rings. The molecule has 0 fully saturated rings. The Balaban J connectivity index is 1.80. The van der Waals surface area contributed by atoms with Gasteiger partial charge in [0.2, 0.25) is 0 Å². The topological polar surface area (TPSA) is 118 Å². The molecule has 2 rings (SSSR count). The van der Waals surface area contributed by atoms with Gasteiger partial charge in [0.15, 0.2) is 0 Å². The van der Waals surface area contributed by atoms with Crippen molar-refractivity contribution in [3.05, 3.63) is 69.9 Å². The zero-order valence-electron chi connectivity index (χ0n) is 13.1. The third-order valence-corrected chi connectivity index (χ3v) is 3.06. The summed E-state index contributed by atoms with van der Waals surface area (Å²) in [7, 11) is 0. The number of nitriles is 1. The molecule has 0 bridgehead atoms. The summed E-state index contributed by atoms with van der Waals surface area (Å²) < 4.78 is 5.00. The molecule has 0 saturated carbocycles. The molecule has 0 aliphatic heterocycles. The van der Waals surface area contributed by atoms with Crippen LogP contribution in [0.3, 0.4) is 0 Å². The van der Waals surface area contributed by atoms with Gasteiger partial charge in [0.25, 0.3) is 5.69 Å². The van der Waals surface area contributed by atoms with Crippen molar-refractivity contribution in [2.24, 2.45) is 0 Å². The Morgan fingerprint density at radius 2 is 2.24 bits per heavy atom. The molecule has 8 heteroatoms. The molecule has 0 spiro atoms. The summed E-state index contributed by atoms with van der Waals surface area (Å²) >= 11 is 0. The molecule has 8 nitrogen and oxygen atoms in total. The molecule has 0 unspecified atom stereocenters. The Labute approximate surface area is 143 Å². The average Bonchev–Trinajstić information content (AvgIpc) is 2.64. The third kappa shape index (κ3) is 5.44. The van der Waals surface area contributed by atoms with E-state index in [1.54, 1.807) is 24.4 Å². The van der Waals surface area contributed by atoms with Crippen molar-refractivity contribution in [3.63, 3.8) is 0 Å². The summed E-state index contributed by atoms with van der Waals surface area (Å²) in [5, 5.41) is 22.5. The predicted molar refractivity (Wildman–Crippen MR) is 90.5 cm³/mol. The van der Waals surface area contributed by atoms with Crippen molar-refractivity contribution >= 4 is 23.6 Å². The lowest BCUT2D eigenvalue weighted by molar-refractivity contribution is -0.384. The molecule has 126 valence electrons. The fourth-order valence-electron chi connectivity index (χ4n) is 1.91. The van der Waals surface area contributed by atoms with E-state index in [4.69, 9.17) is 10.00 Å². The van der Waals surface area contributed by atoms with Crippen molar-refractivity contribution in [1.82, 2.24) is 4.98 Å². The standard InChI is InChI=1S/C17H14N4O4/c18-12-14-4-2-8-19-17(14)20-9-10-25-16(22)7-6-13-3-1-5-15(11-13)21(23)24/h1-8,11H,9-10H2,(H,19,20)/b7-6+. The van der Waals surface area contributed by atoms with E-state index in [-0.39, 0.29) is 12.3 Å². The average molecular weight is 338 g/mol. The number of nitro benzene ring substituents is 1. The molecule has 25 heavy (non-hydrogen) atoms. The van der Waals surface area contributed by atoms with Crippen molar-refractivity contribution in [2.45, 2.75) is 0 Å². The van der Waals surface area contributed by atoms with Crippen LogP contribution in [-0.2, 0) is 9.53 Å². The van der Waals surface area contributed by atoms with Gasteiger partial charge in [-0.15, -0.1) is 0 Å². The van der Waals surface area contributed by atoms with Crippen LogP contribution >= 0.6 is 0 Å². The van der Waals surface area contributed by atoms with Crippen LogP contribution in [0.2, 0.25) is 0 Å². The molecule has 0 aliphatic rings. The van der Waals surface area contributed by atoms with E-state index in [2.05, 4.69) is 10.3 Å². The number of carbonyl (C=O) groups is 1. The minimum atomic E-state index is -0.574. The molecule has 0 radical (unpaired) electrons. The van der Waals surface area contributed by atoms with Gasteiger partial charge < -0.3 is 10.1 Å². The van der Waals surface area contributed by atoms with E-state index in [0.29, 0.717) is 23.5 Å². The maximum absolute atomic E-state index is 11.6. The highest BCUT2D eigenvalue weighted by Gasteiger charge is 2.05. The first-order valence-electron chi connectivity index (χ1n) is 7.28. The Bertz CT molecular complexity index is 843. The molecular formula is C17H14N4O4. The van der Waals surface area contributed by atoms with Crippen LogP contribution < -0.4 is 5.32 Å². The summed E-state index contributed by atoms with van der Waals surface area (Å²) in [5.74, 6) is -0.150. The summed E-state index contributed by atoms with van der Waals surface area (Å²) in [5.41, 5.74) is 0.874. The Morgan fingerprint density at radius 3 is 3.00 bits per heavy atom. The molecule has 1 N–H and O–H groups in total. The largest absolute Gasteiger partial charge is 0.461 e. The number of hydrogen-bond donors (Lipinski definition) is 1. The van der Waals surface area contributed by atoms with Crippen LogP contribution in [-0.4, -0.2) is 29.0 Å². The number of non-ortho nitro benzene ring substituents is 1. The van der Waals surface area contributed by atoms with Crippen molar-refractivity contribution < 1.29 is 14.5 Å². The number of nitrogens with one attached hydrogen (secondary N) is 1. The van der Waals surface area contributed by atoms with E-state index < -0.39 is 10.9 Å². The maximum atomic E-state index is 11.6. The molecular weight excluding hydrogens is 324 g/mol. The van der Waals surface area contributed by atoms with Gasteiger partial charge in [-0.1, -0.05) is 12.1 Å². The van der Waals surface area contributed by atoms with Crippen LogP contribution in [0.5, 0.6) is 0 Å². The lowest BCUT2D eigenvalue weighted by Gasteiger charge is -2.06. The Hall–Kier alpha value is -3.73. The maximum Gasteiger partial charge on any atom is 0.330 e. The summed E-state index contributed by atoms with van der Waals surface area (Å²) in [6.07, 6.45) is 4.19. The molecule has 0 aliphatic carbocycles. The first kappa shape index (κ1) is 17.6. The predicted octanol–water partition coefficient (Wildman–Crippen LogP) is 2.53. The quantitative estimate of drug-likeness (QED) is 0.271. The normalized spacial score (nSPS) is 10.2. The SMILES string of the molecule is N#Cc1cccnc1NCCOC(=O)/C=C/c1cccc([N+](=O)[O-])c1. The molecule has 0 atom stereocenters. The highest BCUT2D eigenvalue weighted by Crippen LogP contribution is 2.14. The van der Waals surface area contributed by atoms with Gasteiger partial charge in [-0.25, -0.2) is 9.78 Å². The van der Waals surface area contributed by atoms with Gasteiger partial charge in [0.1, 0.15) is 18.5 Å². The van der Waals surface area contributed by atoms with Crippen LogP contribution in [0, 0.1) is 21.4 Å². The van der Waals surface area contributed by atoms with Crippen molar-refractivity contribution in [1.29, 1.82) is 5.26 Å². The van der Waals surface area contributed by atoms with Gasteiger partial charge in [-0.2, -0.15) is 5.26 Å². The number of rotatable bonds is 7. The zero-order chi connectivity index (χ0) is 18.1. The number of pyridine rings is 1.